The lowest BCUT2D eigenvalue weighted by Gasteiger charge is -2.18. The fraction of sp³-hybridized carbons (Fsp3) is 0.500. The van der Waals surface area contributed by atoms with E-state index in [4.69, 9.17) is 26.8 Å². The van der Waals surface area contributed by atoms with Crippen LogP contribution in [0, 0.1) is 6.92 Å². The molecule has 4 heteroatoms. The highest BCUT2D eigenvalue weighted by Crippen LogP contribution is 2.31. The molecule has 3 nitrogen and oxygen atoms in total. The van der Waals surface area contributed by atoms with Crippen molar-refractivity contribution in [1.82, 2.24) is 0 Å². The molecule has 0 saturated heterocycles. The highest BCUT2D eigenvalue weighted by molar-refractivity contribution is 6.31. The molecule has 0 aliphatic carbocycles. The molecule has 0 saturated carbocycles. The number of halogens is 1. The van der Waals surface area contributed by atoms with Gasteiger partial charge in [-0.3, -0.25) is 0 Å². The first-order chi connectivity index (χ1) is 7.63. The van der Waals surface area contributed by atoms with Crippen LogP contribution in [0.1, 0.15) is 17.0 Å². The van der Waals surface area contributed by atoms with E-state index < -0.39 is 0 Å². The van der Waals surface area contributed by atoms with Crippen molar-refractivity contribution in [2.45, 2.75) is 12.8 Å². The molecule has 16 heavy (non-hydrogen) atoms. The molecule has 0 heterocycles. The summed E-state index contributed by atoms with van der Waals surface area (Å²) in [4.78, 5) is 0. The summed E-state index contributed by atoms with van der Waals surface area (Å²) in [5.41, 5.74) is 7.72. The van der Waals surface area contributed by atoms with E-state index in [0.717, 1.165) is 21.9 Å². The van der Waals surface area contributed by atoms with Gasteiger partial charge in [0.2, 0.25) is 0 Å². The monoisotopic (exact) mass is 243 g/mol. The standard InChI is InChI=1S/C12H18ClNO2/c1-8-4-12(16-3)10(5-11(8)13)9(6-14)7-15-2/h4-5,9H,6-7,14H2,1-3H3. The van der Waals surface area contributed by atoms with Gasteiger partial charge in [-0.25, -0.2) is 0 Å². The second-order valence-electron chi connectivity index (χ2n) is 3.73. The Morgan fingerprint density at radius 1 is 1.38 bits per heavy atom. The number of hydrogen-bond acceptors (Lipinski definition) is 3. The maximum atomic E-state index is 6.11. The van der Waals surface area contributed by atoms with Crippen LogP contribution < -0.4 is 10.5 Å². The Balaban J connectivity index is 3.13. The third-order valence-corrected chi connectivity index (χ3v) is 3.01. The molecule has 0 radical (unpaired) electrons. The van der Waals surface area contributed by atoms with E-state index in [0.29, 0.717) is 13.2 Å². The van der Waals surface area contributed by atoms with Crippen LogP contribution in [0.25, 0.3) is 0 Å². The van der Waals surface area contributed by atoms with Gasteiger partial charge < -0.3 is 15.2 Å². The van der Waals surface area contributed by atoms with Crippen LogP contribution >= 0.6 is 11.6 Å². The predicted molar refractivity (Wildman–Crippen MR) is 66.4 cm³/mol. The zero-order chi connectivity index (χ0) is 12.1. The van der Waals surface area contributed by atoms with Gasteiger partial charge in [-0.2, -0.15) is 0 Å². The quantitative estimate of drug-likeness (QED) is 0.864. The van der Waals surface area contributed by atoms with Crippen LogP contribution in [0.2, 0.25) is 5.02 Å². The zero-order valence-electron chi connectivity index (χ0n) is 9.92. The first-order valence-corrected chi connectivity index (χ1v) is 5.54. The summed E-state index contributed by atoms with van der Waals surface area (Å²) in [6.07, 6.45) is 0. The molecule has 0 bridgehead atoms. The summed E-state index contributed by atoms with van der Waals surface area (Å²) in [6, 6.07) is 3.84. The first kappa shape index (κ1) is 13.3. The van der Waals surface area contributed by atoms with Crippen molar-refractivity contribution in [2.75, 3.05) is 27.4 Å². The van der Waals surface area contributed by atoms with E-state index in [-0.39, 0.29) is 5.92 Å². The second kappa shape index (κ2) is 6.09. The largest absolute Gasteiger partial charge is 0.496 e. The number of aryl methyl sites for hydroxylation is 1. The second-order valence-corrected chi connectivity index (χ2v) is 4.14. The zero-order valence-corrected chi connectivity index (χ0v) is 10.7. The van der Waals surface area contributed by atoms with Crippen LogP contribution in [-0.4, -0.2) is 27.4 Å². The Kier molecular flexibility index (Phi) is 5.06. The lowest BCUT2D eigenvalue weighted by molar-refractivity contribution is 0.180. The lowest BCUT2D eigenvalue weighted by Crippen LogP contribution is -2.18. The van der Waals surface area contributed by atoms with Gasteiger partial charge in [0.25, 0.3) is 0 Å². The van der Waals surface area contributed by atoms with Gasteiger partial charge in [-0.15, -0.1) is 0 Å². The molecule has 0 aliphatic heterocycles. The Hall–Kier alpha value is -0.770. The number of hydrogen-bond donors (Lipinski definition) is 1. The molecule has 0 fully saturated rings. The van der Waals surface area contributed by atoms with Crippen molar-refractivity contribution in [2.24, 2.45) is 5.73 Å². The average Bonchev–Trinajstić information content (AvgIpc) is 2.29. The minimum Gasteiger partial charge on any atom is -0.496 e. The molecule has 0 aromatic heterocycles. The van der Waals surface area contributed by atoms with Crippen molar-refractivity contribution in [3.05, 3.63) is 28.3 Å². The third kappa shape index (κ3) is 2.88. The molecule has 90 valence electrons. The molecular weight excluding hydrogens is 226 g/mol. The maximum Gasteiger partial charge on any atom is 0.122 e. The minimum atomic E-state index is 0.109. The topological polar surface area (TPSA) is 44.5 Å². The average molecular weight is 244 g/mol. The van der Waals surface area contributed by atoms with Gasteiger partial charge in [0.15, 0.2) is 0 Å². The van der Waals surface area contributed by atoms with Gasteiger partial charge >= 0.3 is 0 Å². The minimum absolute atomic E-state index is 0.109. The van der Waals surface area contributed by atoms with Gasteiger partial charge in [-0.1, -0.05) is 11.6 Å². The van der Waals surface area contributed by atoms with Gasteiger partial charge in [0.1, 0.15) is 5.75 Å². The highest BCUT2D eigenvalue weighted by Gasteiger charge is 2.16. The summed E-state index contributed by atoms with van der Waals surface area (Å²) >= 11 is 6.11. The van der Waals surface area contributed by atoms with Crippen molar-refractivity contribution in [3.8, 4) is 5.75 Å². The van der Waals surface area contributed by atoms with E-state index in [9.17, 15) is 0 Å². The maximum absolute atomic E-state index is 6.11. The molecule has 1 aromatic carbocycles. The van der Waals surface area contributed by atoms with Crippen molar-refractivity contribution >= 4 is 11.6 Å². The van der Waals surface area contributed by atoms with Crippen LogP contribution in [0.5, 0.6) is 5.75 Å². The number of methoxy groups -OCH3 is 2. The Bertz CT molecular complexity index is 355. The summed E-state index contributed by atoms with van der Waals surface area (Å²) < 4.78 is 10.5. The molecule has 2 N–H and O–H groups in total. The molecule has 0 spiro atoms. The molecule has 1 atom stereocenters. The van der Waals surface area contributed by atoms with Crippen LogP contribution in [0.4, 0.5) is 0 Å². The molecular formula is C12H18ClNO2. The molecule has 1 rings (SSSR count). The van der Waals surface area contributed by atoms with Crippen LogP contribution in [0.3, 0.4) is 0 Å². The van der Waals surface area contributed by atoms with E-state index >= 15 is 0 Å². The van der Waals surface area contributed by atoms with Gasteiger partial charge in [0.05, 0.1) is 13.7 Å². The van der Waals surface area contributed by atoms with E-state index in [1.807, 2.05) is 19.1 Å². The smallest absolute Gasteiger partial charge is 0.122 e. The van der Waals surface area contributed by atoms with E-state index in [1.165, 1.54) is 0 Å². The number of benzene rings is 1. The summed E-state index contributed by atoms with van der Waals surface area (Å²) in [5, 5.41) is 0.727. The number of nitrogens with two attached hydrogens (primary N) is 1. The van der Waals surface area contributed by atoms with E-state index in [2.05, 4.69) is 0 Å². The Morgan fingerprint density at radius 2 is 2.06 bits per heavy atom. The first-order valence-electron chi connectivity index (χ1n) is 5.17. The normalized spacial score (nSPS) is 12.6. The number of rotatable bonds is 5. The third-order valence-electron chi connectivity index (χ3n) is 2.60. The van der Waals surface area contributed by atoms with Crippen molar-refractivity contribution in [1.29, 1.82) is 0 Å². The van der Waals surface area contributed by atoms with Crippen molar-refractivity contribution < 1.29 is 9.47 Å². The fourth-order valence-corrected chi connectivity index (χ4v) is 1.82. The summed E-state index contributed by atoms with van der Waals surface area (Å²) in [5.74, 6) is 0.924. The molecule has 1 aromatic rings. The predicted octanol–water partition coefficient (Wildman–Crippen LogP) is 2.35. The lowest BCUT2D eigenvalue weighted by atomic mass is 9.97. The summed E-state index contributed by atoms with van der Waals surface area (Å²) in [7, 11) is 3.30. The van der Waals surface area contributed by atoms with Gasteiger partial charge in [-0.05, 0) is 24.6 Å². The SMILES string of the molecule is COCC(CN)c1cc(Cl)c(C)cc1OC. The fourth-order valence-electron chi connectivity index (χ4n) is 1.65. The van der Waals surface area contributed by atoms with E-state index in [1.54, 1.807) is 14.2 Å². The molecule has 1 unspecified atom stereocenters. The Labute approximate surface area is 101 Å². The van der Waals surface area contributed by atoms with Crippen molar-refractivity contribution in [3.63, 3.8) is 0 Å². The van der Waals surface area contributed by atoms with Crippen LogP contribution in [-0.2, 0) is 4.74 Å². The Morgan fingerprint density at radius 3 is 2.56 bits per heavy atom. The van der Waals surface area contributed by atoms with Crippen LogP contribution in [0.15, 0.2) is 12.1 Å². The number of ether oxygens (including phenoxy) is 2. The molecule has 0 aliphatic rings. The van der Waals surface area contributed by atoms with Gasteiger partial charge in [0, 0.05) is 30.2 Å². The molecule has 0 amide bonds. The summed E-state index contributed by atoms with van der Waals surface area (Å²) in [6.45, 7) is 3.01. The highest BCUT2D eigenvalue weighted by atomic mass is 35.5.